The minimum atomic E-state index is -3.81. The van der Waals surface area contributed by atoms with Crippen LogP contribution in [-0.4, -0.2) is 19.6 Å². The fourth-order valence-corrected chi connectivity index (χ4v) is 2.81. The maximum Gasteiger partial charge on any atom is 0.284 e. The van der Waals surface area contributed by atoms with Gasteiger partial charge in [0.2, 0.25) is 0 Å². The van der Waals surface area contributed by atoms with Gasteiger partial charge in [-0.1, -0.05) is 24.3 Å². The molecule has 0 unspecified atom stereocenters. The van der Waals surface area contributed by atoms with Crippen LogP contribution in [0.4, 0.5) is 5.69 Å². The van der Waals surface area contributed by atoms with Gasteiger partial charge in [-0.15, -0.1) is 0 Å². The topological polar surface area (TPSA) is 89.6 Å². The Hall–Kier alpha value is -2.06. The summed E-state index contributed by atoms with van der Waals surface area (Å²) >= 11 is 3.05. The Balaban J connectivity index is 2.34. The Bertz CT molecular complexity index is 804. The fourth-order valence-electron chi connectivity index (χ4n) is 1.53. The van der Waals surface area contributed by atoms with Gasteiger partial charge < -0.3 is 0 Å². The first-order valence-corrected chi connectivity index (χ1v) is 7.93. The molecule has 0 fully saturated rings. The van der Waals surface area contributed by atoms with Crippen LogP contribution in [-0.2, 0) is 10.0 Å². The number of nitro groups is 1. The molecule has 6 nitrogen and oxygen atoms in total. The summed E-state index contributed by atoms with van der Waals surface area (Å²) in [6, 6.07) is 12.0. The van der Waals surface area contributed by atoms with E-state index in [1.807, 2.05) is 0 Å². The second-order valence-corrected chi connectivity index (χ2v) is 6.48. The lowest BCUT2D eigenvalue weighted by Crippen LogP contribution is -1.98. The predicted octanol–water partition coefficient (Wildman–Crippen LogP) is 3.17. The molecule has 0 amide bonds. The van der Waals surface area contributed by atoms with Gasteiger partial charge in [-0.2, -0.15) is 12.8 Å². The zero-order chi connectivity index (χ0) is 15.5. The van der Waals surface area contributed by atoms with E-state index in [2.05, 4.69) is 20.3 Å². The number of hydrogen-bond donors (Lipinski definition) is 0. The molecule has 0 radical (unpaired) electrons. The van der Waals surface area contributed by atoms with E-state index in [0.717, 1.165) is 6.21 Å². The molecule has 2 aromatic rings. The first-order chi connectivity index (χ1) is 9.90. The lowest BCUT2D eigenvalue weighted by atomic mass is 10.2. The van der Waals surface area contributed by atoms with Crippen LogP contribution in [0.1, 0.15) is 5.56 Å². The highest BCUT2D eigenvalue weighted by molar-refractivity contribution is 9.10. The zero-order valence-electron chi connectivity index (χ0n) is 10.5. The monoisotopic (exact) mass is 368 g/mol. The number of sulfonamides is 1. The molecule has 0 bridgehead atoms. The van der Waals surface area contributed by atoms with E-state index >= 15 is 0 Å². The molecule has 108 valence electrons. The molecular formula is C13H9BrN2O4S. The van der Waals surface area contributed by atoms with Gasteiger partial charge in [0.15, 0.2) is 0 Å². The van der Waals surface area contributed by atoms with Crippen LogP contribution in [0.2, 0.25) is 0 Å². The lowest BCUT2D eigenvalue weighted by molar-refractivity contribution is -0.385. The third-order valence-electron chi connectivity index (χ3n) is 2.55. The van der Waals surface area contributed by atoms with Gasteiger partial charge in [-0.05, 0) is 34.1 Å². The van der Waals surface area contributed by atoms with Crippen LogP contribution in [0, 0.1) is 10.1 Å². The molecule has 8 heteroatoms. The van der Waals surface area contributed by atoms with E-state index in [-0.39, 0.29) is 10.6 Å². The Labute approximate surface area is 129 Å². The maximum absolute atomic E-state index is 12.0. The Morgan fingerprint density at radius 3 is 2.43 bits per heavy atom. The Kier molecular flexibility index (Phi) is 4.49. The highest BCUT2D eigenvalue weighted by atomic mass is 79.9. The Morgan fingerprint density at radius 1 is 1.14 bits per heavy atom. The third-order valence-corrected chi connectivity index (χ3v) is 4.47. The van der Waals surface area contributed by atoms with E-state index in [1.165, 1.54) is 30.3 Å². The van der Waals surface area contributed by atoms with Gasteiger partial charge in [0.25, 0.3) is 15.7 Å². The van der Waals surface area contributed by atoms with Crippen LogP contribution < -0.4 is 0 Å². The number of benzene rings is 2. The normalized spacial score (nSPS) is 11.7. The van der Waals surface area contributed by atoms with Crippen LogP contribution >= 0.6 is 15.9 Å². The van der Waals surface area contributed by atoms with Gasteiger partial charge in [0.05, 0.1) is 14.3 Å². The van der Waals surface area contributed by atoms with Crippen molar-refractivity contribution in [3.05, 3.63) is 68.7 Å². The predicted molar refractivity (Wildman–Crippen MR) is 82.0 cm³/mol. The van der Waals surface area contributed by atoms with Crippen molar-refractivity contribution in [1.29, 1.82) is 0 Å². The average molecular weight is 369 g/mol. The van der Waals surface area contributed by atoms with Crippen molar-refractivity contribution >= 4 is 37.9 Å². The average Bonchev–Trinajstić information content (AvgIpc) is 2.47. The minimum Gasteiger partial charge on any atom is -0.258 e. The summed E-state index contributed by atoms with van der Waals surface area (Å²) in [5.74, 6) is 0. The van der Waals surface area contributed by atoms with Crippen molar-refractivity contribution < 1.29 is 13.3 Å². The first kappa shape index (κ1) is 15.3. The number of nitro benzene ring substituents is 1. The summed E-state index contributed by atoms with van der Waals surface area (Å²) < 4.78 is 27.8. The van der Waals surface area contributed by atoms with Crippen LogP contribution in [0.3, 0.4) is 0 Å². The van der Waals surface area contributed by atoms with Crippen LogP contribution in [0.15, 0.2) is 62.3 Å². The summed E-state index contributed by atoms with van der Waals surface area (Å²) in [5.41, 5.74) is 0.167. The standard InChI is InChI=1S/C13H9BrN2O4S/c14-12-7-6-10(8-13(12)16(17)18)9-15-21(19,20)11-4-2-1-3-5-11/h1-9H/b15-9+. The summed E-state index contributed by atoms with van der Waals surface area (Å²) in [6.45, 7) is 0. The quantitative estimate of drug-likeness (QED) is 0.470. The third kappa shape index (κ3) is 3.73. The number of nitrogens with zero attached hydrogens (tertiary/aromatic N) is 2. The van der Waals surface area contributed by atoms with Crippen molar-refractivity contribution in [2.24, 2.45) is 4.40 Å². The number of rotatable bonds is 4. The Morgan fingerprint density at radius 2 is 1.81 bits per heavy atom. The lowest BCUT2D eigenvalue weighted by Gasteiger charge is -1.99. The van der Waals surface area contributed by atoms with Crippen molar-refractivity contribution in [2.75, 3.05) is 0 Å². The van der Waals surface area contributed by atoms with E-state index in [0.29, 0.717) is 10.0 Å². The number of hydrogen-bond acceptors (Lipinski definition) is 4. The van der Waals surface area contributed by atoms with Gasteiger partial charge in [-0.25, -0.2) is 0 Å². The molecule has 0 spiro atoms. The smallest absolute Gasteiger partial charge is 0.258 e. The number of halogens is 1. The van der Waals surface area contributed by atoms with Crippen LogP contribution in [0.25, 0.3) is 0 Å². The molecule has 2 rings (SSSR count). The van der Waals surface area contributed by atoms with Gasteiger partial charge in [0.1, 0.15) is 0 Å². The second-order valence-electron chi connectivity index (χ2n) is 3.99. The summed E-state index contributed by atoms with van der Waals surface area (Å²) in [5, 5.41) is 10.8. The van der Waals surface area contributed by atoms with Crippen molar-refractivity contribution in [3.63, 3.8) is 0 Å². The minimum absolute atomic E-state index is 0.0628. The van der Waals surface area contributed by atoms with Crippen molar-refractivity contribution in [1.82, 2.24) is 0 Å². The molecule has 0 aliphatic rings. The molecule has 0 heterocycles. The maximum atomic E-state index is 12.0. The van der Waals surface area contributed by atoms with Crippen molar-refractivity contribution in [3.8, 4) is 0 Å². The van der Waals surface area contributed by atoms with Gasteiger partial charge in [-0.3, -0.25) is 10.1 Å². The summed E-state index contributed by atoms with van der Waals surface area (Å²) in [6.07, 6.45) is 1.09. The van der Waals surface area contributed by atoms with Crippen molar-refractivity contribution in [2.45, 2.75) is 4.90 Å². The van der Waals surface area contributed by atoms with E-state index in [1.54, 1.807) is 18.2 Å². The first-order valence-electron chi connectivity index (χ1n) is 5.69. The SMILES string of the molecule is O=[N+]([O-])c1cc(/C=N/S(=O)(=O)c2ccccc2)ccc1Br. The molecule has 0 aliphatic heterocycles. The molecule has 21 heavy (non-hydrogen) atoms. The van der Waals surface area contributed by atoms with Gasteiger partial charge >= 0.3 is 0 Å². The largest absolute Gasteiger partial charge is 0.284 e. The molecule has 2 aromatic carbocycles. The summed E-state index contributed by atoms with van der Waals surface area (Å²) in [4.78, 5) is 10.3. The van der Waals surface area contributed by atoms with E-state index in [4.69, 9.17) is 0 Å². The molecular weight excluding hydrogens is 360 g/mol. The highest BCUT2D eigenvalue weighted by Gasteiger charge is 2.13. The molecule has 0 saturated heterocycles. The second kappa shape index (κ2) is 6.15. The van der Waals surface area contributed by atoms with Crippen LogP contribution in [0.5, 0.6) is 0 Å². The summed E-state index contributed by atoms with van der Waals surface area (Å²) in [7, 11) is -3.81. The molecule has 0 N–H and O–H groups in total. The molecule has 0 atom stereocenters. The zero-order valence-corrected chi connectivity index (χ0v) is 12.9. The fraction of sp³-hybridized carbons (Fsp3) is 0. The molecule has 0 aliphatic carbocycles. The molecule has 0 aromatic heterocycles. The highest BCUT2D eigenvalue weighted by Crippen LogP contribution is 2.25. The van der Waals surface area contributed by atoms with Gasteiger partial charge in [0, 0.05) is 17.8 Å². The van der Waals surface area contributed by atoms with E-state index < -0.39 is 14.9 Å². The van der Waals surface area contributed by atoms with E-state index in [9.17, 15) is 18.5 Å². The molecule has 0 saturated carbocycles.